The van der Waals surface area contributed by atoms with Gasteiger partial charge in [0, 0.05) is 0 Å². The Morgan fingerprint density at radius 2 is 1.63 bits per heavy atom. The van der Waals surface area contributed by atoms with Crippen molar-refractivity contribution >= 4 is 11.9 Å². The molecule has 7 atom stereocenters. The number of allylic oxidation sites excluding steroid dienone is 2. The van der Waals surface area contributed by atoms with Crippen LogP contribution >= 0.6 is 0 Å². The molecule has 0 radical (unpaired) electrons. The lowest BCUT2D eigenvalue weighted by molar-refractivity contribution is -0.179. The number of hydrogen-bond donors (Lipinski definition) is 0. The van der Waals surface area contributed by atoms with Gasteiger partial charge in [0.1, 0.15) is 5.60 Å². The highest BCUT2D eigenvalue weighted by Gasteiger charge is 2.62. The molecule has 30 heavy (non-hydrogen) atoms. The molecule has 4 fully saturated rings. The third-order valence-corrected chi connectivity index (χ3v) is 9.77. The maximum Gasteiger partial charge on any atom is 0.344 e. The lowest BCUT2D eigenvalue weighted by atomic mass is 9.69. The lowest BCUT2D eigenvalue weighted by Crippen LogP contribution is -2.43. The molecule has 4 bridgehead atoms. The molecule has 4 heteroatoms. The minimum Gasteiger partial charge on any atom is -0.456 e. The number of esters is 2. The maximum absolute atomic E-state index is 12.9. The number of carbonyl (C=O) groups is 2. The summed E-state index contributed by atoms with van der Waals surface area (Å²) in [5, 5.41) is 0. The molecule has 0 saturated heterocycles. The topological polar surface area (TPSA) is 52.6 Å². The second-order valence-electron chi connectivity index (χ2n) is 10.8. The van der Waals surface area contributed by atoms with Gasteiger partial charge in [0.15, 0.2) is 6.61 Å². The van der Waals surface area contributed by atoms with Gasteiger partial charge in [-0.2, -0.15) is 0 Å². The van der Waals surface area contributed by atoms with Crippen LogP contribution in [0.2, 0.25) is 0 Å². The summed E-state index contributed by atoms with van der Waals surface area (Å²) in [6.45, 7) is 4.01. The van der Waals surface area contributed by atoms with E-state index in [1.807, 2.05) is 0 Å². The van der Waals surface area contributed by atoms with E-state index in [4.69, 9.17) is 9.47 Å². The molecule has 4 saturated carbocycles. The fraction of sp³-hybridized carbons (Fsp3) is 0.846. The first-order valence-electron chi connectivity index (χ1n) is 12.6. The molecule has 0 aromatic heterocycles. The molecule has 0 spiro atoms. The first-order chi connectivity index (χ1) is 14.6. The van der Waals surface area contributed by atoms with E-state index in [1.54, 1.807) is 0 Å². The predicted octanol–water partition coefficient (Wildman–Crippen LogP) is 5.31. The number of ether oxygens (including phenoxy) is 2. The van der Waals surface area contributed by atoms with Gasteiger partial charge in [0.25, 0.3) is 0 Å². The van der Waals surface area contributed by atoms with Crippen molar-refractivity contribution in [2.45, 2.75) is 83.7 Å². The zero-order chi connectivity index (χ0) is 20.9. The summed E-state index contributed by atoms with van der Waals surface area (Å²) in [4.78, 5) is 25.6. The number of carbonyl (C=O) groups excluding carboxylic acids is 2. The van der Waals surface area contributed by atoms with Gasteiger partial charge in [0.05, 0.1) is 5.92 Å². The van der Waals surface area contributed by atoms with Crippen LogP contribution in [-0.4, -0.2) is 24.1 Å². The molecule has 0 amide bonds. The Morgan fingerprint density at radius 3 is 2.33 bits per heavy atom. The van der Waals surface area contributed by atoms with Crippen molar-refractivity contribution in [3.05, 3.63) is 12.2 Å². The van der Waals surface area contributed by atoms with Crippen LogP contribution < -0.4 is 0 Å². The first-order valence-corrected chi connectivity index (χ1v) is 12.6. The van der Waals surface area contributed by atoms with Gasteiger partial charge in [-0.25, -0.2) is 4.79 Å². The van der Waals surface area contributed by atoms with Crippen LogP contribution in [0.5, 0.6) is 0 Å². The fourth-order valence-electron chi connectivity index (χ4n) is 8.46. The molecule has 0 N–H and O–H groups in total. The van der Waals surface area contributed by atoms with Crippen LogP contribution in [0, 0.1) is 47.3 Å². The molecular weight excluding hydrogens is 376 g/mol. The summed E-state index contributed by atoms with van der Waals surface area (Å²) in [6, 6.07) is 0. The second kappa shape index (κ2) is 7.98. The monoisotopic (exact) mass is 414 g/mol. The molecule has 5 aliphatic rings. The van der Waals surface area contributed by atoms with Crippen LogP contribution in [0.25, 0.3) is 0 Å². The Morgan fingerprint density at radius 1 is 0.933 bits per heavy atom. The Kier molecular flexibility index (Phi) is 5.48. The van der Waals surface area contributed by atoms with Crippen LogP contribution in [0.4, 0.5) is 0 Å². The molecular formula is C26H38O4. The quantitative estimate of drug-likeness (QED) is 0.322. The lowest BCUT2D eigenvalue weighted by Gasteiger charge is -2.41. The third-order valence-electron chi connectivity index (χ3n) is 9.77. The van der Waals surface area contributed by atoms with Crippen molar-refractivity contribution in [3.8, 4) is 0 Å². The van der Waals surface area contributed by atoms with E-state index in [1.165, 1.54) is 32.1 Å². The summed E-state index contributed by atoms with van der Waals surface area (Å²) in [5.41, 5.74) is -0.390. The Hall–Kier alpha value is -1.32. The van der Waals surface area contributed by atoms with Gasteiger partial charge in [-0.3, -0.25) is 4.79 Å². The van der Waals surface area contributed by atoms with Crippen molar-refractivity contribution in [2.24, 2.45) is 47.3 Å². The van der Waals surface area contributed by atoms with Crippen molar-refractivity contribution in [1.82, 2.24) is 0 Å². The predicted molar refractivity (Wildman–Crippen MR) is 114 cm³/mol. The van der Waals surface area contributed by atoms with Crippen molar-refractivity contribution < 1.29 is 19.1 Å². The van der Waals surface area contributed by atoms with Crippen LogP contribution in [0.3, 0.4) is 0 Å². The van der Waals surface area contributed by atoms with Gasteiger partial charge in [-0.05, 0) is 86.4 Å². The Bertz CT molecular complexity index is 702. The minimum absolute atomic E-state index is 0.00254. The van der Waals surface area contributed by atoms with Crippen LogP contribution in [0.1, 0.15) is 78.1 Å². The average Bonchev–Trinajstić information content (AvgIpc) is 3.56. The van der Waals surface area contributed by atoms with E-state index in [0.717, 1.165) is 43.9 Å². The standard InChI is InChI=1S/C26H38O4/c1-3-26(4-2,19-8-6-5-7-9-19)30-22(27)15-29-25(28)21-14-18-13-20(21)24-17-11-10-16(12-17)23(18)24/h10-11,16-21,23-24H,3-9,12-15H2,1-2H3. The summed E-state index contributed by atoms with van der Waals surface area (Å²) < 4.78 is 11.6. The summed E-state index contributed by atoms with van der Waals surface area (Å²) in [6.07, 6.45) is 15.9. The summed E-state index contributed by atoms with van der Waals surface area (Å²) >= 11 is 0. The molecule has 5 rings (SSSR count). The first kappa shape index (κ1) is 20.6. The largest absolute Gasteiger partial charge is 0.456 e. The molecule has 166 valence electrons. The number of hydrogen-bond acceptors (Lipinski definition) is 4. The second-order valence-corrected chi connectivity index (χ2v) is 10.8. The van der Waals surface area contributed by atoms with Crippen molar-refractivity contribution in [3.63, 3.8) is 0 Å². The molecule has 0 aromatic carbocycles. The number of fused-ring (bicyclic) bond motifs is 9. The van der Waals surface area contributed by atoms with Gasteiger partial charge < -0.3 is 9.47 Å². The normalized spacial score (nSPS) is 39.3. The third kappa shape index (κ3) is 3.24. The molecule has 0 aromatic rings. The fourth-order valence-corrected chi connectivity index (χ4v) is 8.46. The van der Waals surface area contributed by atoms with Gasteiger partial charge in [-0.15, -0.1) is 0 Å². The number of rotatable bonds is 7. The van der Waals surface area contributed by atoms with Gasteiger partial charge in [0.2, 0.25) is 0 Å². The Balaban J connectivity index is 1.16. The summed E-state index contributed by atoms with van der Waals surface area (Å²) in [7, 11) is 0. The van der Waals surface area contributed by atoms with Crippen LogP contribution in [0.15, 0.2) is 12.2 Å². The van der Waals surface area contributed by atoms with Crippen LogP contribution in [-0.2, 0) is 19.1 Å². The van der Waals surface area contributed by atoms with E-state index in [2.05, 4.69) is 26.0 Å². The highest BCUT2D eigenvalue weighted by molar-refractivity contribution is 5.78. The summed E-state index contributed by atoms with van der Waals surface area (Å²) in [5.74, 6) is 4.01. The molecule has 5 aliphatic carbocycles. The van der Waals surface area contributed by atoms with Crippen molar-refractivity contribution in [1.29, 1.82) is 0 Å². The van der Waals surface area contributed by atoms with E-state index in [0.29, 0.717) is 29.6 Å². The van der Waals surface area contributed by atoms with E-state index in [-0.39, 0.29) is 30.1 Å². The smallest absolute Gasteiger partial charge is 0.344 e. The van der Waals surface area contributed by atoms with Gasteiger partial charge >= 0.3 is 11.9 Å². The molecule has 0 aliphatic heterocycles. The van der Waals surface area contributed by atoms with E-state index in [9.17, 15) is 9.59 Å². The zero-order valence-electron chi connectivity index (χ0n) is 18.7. The molecule has 7 unspecified atom stereocenters. The van der Waals surface area contributed by atoms with E-state index >= 15 is 0 Å². The zero-order valence-corrected chi connectivity index (χ0v) is 18.7. The average molecular weight is 415 g/mol. The Labute approximate surface area is 181 Å². The van der Waals surface area contributed by atoms with E-state index < -0.39 is 0 Å². The van der Waals surface area contributed by atoms with Gasteiger partial charge in [-0.1, -0.05) is 45.3 Å². The molecule has 4 nitrogen and oxygen atoms in total. The SMILES string of the molecule is CCC(CC)(OC(=O)COC(=O)C1CC2CC1C1C3C=CC(C3)C21)C1CCCCC1. The highest BCUT2D eigenvalue weighted by atomic mass is 16.6. The van der Waals surface area contributed by atoms with Crippen molar-refractivity contribution in [2.75, 3.05) is 6.61 Å². The maximum atomic E-state index is 12.9. The minimum atomic E-state index is -0.390. The highest BCUT2D eigenvalue weighted by Crippen LogP contribution is 2.67. The molecule has 0 heterocycles.